The summed E-state index contributed by atoms with van der Waals surface area (Å²) < 4.78 is 0. The highest BCUT2D eigenvalue weighted by molar-refractivity contribution is 6.11. The second-order valence-corrected chi connectivity index (χ2v) is 11.4. The molecule has 204 valence electrons. The molecule has 42 heavy (non-hydrogen) atoms. The number of hydrogen-bond acceptors (Lipinski definition) is 1. The number of benzene rings is 5. The number of nitrogens with one attached hydrogen (secondary N) is 1. The zero-order valence-electron chi connectivity index (χ0n) is 24.1. The molecule has 5 aromatic carbocycles. The molecule has 1 aliphatic carbocycles. The molecule has 0 amide bonds. The molecule has 6 aromatic rings. The Bertz CT molecular complexity index is 2060. The predicted molar refractivity (Wildman–Crippen MR) is 181 cm³/mol. The average Bonchev–Trinajstić information content (AvgIpc) is 3.52. The molecule has 0 aliphatic heterocycles. The van der Waals surface area contributed by atoms with E-state index in [2.05, 4.69) is 134 Å². The summed E-state index contributed by atoms with van der Waals surface area (Å²) in [5, 5.41) is 5.13. The summed E-state index contributed by atoms with van der Waals surface area (Å²) in [6.45, 7) is 4.18. The van der Waals surface area contributed by atoms with Crippen molar-refractivity contribution in [2.24, 2.45) is 5.73 Å². The molecule has 2 nitrogen and oxygen atoms in total. The maximum absolute atomic E-state index is 5.97. The molecule has 0 saturated heterocycles. The Kier molecular flexibility index (Phi) is 6.60. The molecule has 0 radical (unpaired) electrons. The molecule has 7 rings (SSSR count). The van der Waals surface area contributed by atoms with Crippen molar-refractivity contribution in [3.8, 4) is 33.5 Å². The third kappa shape index (κ3) is 4.55. The average molecular weight is 543 g/mol. The molecule has 1 heterocycles. The van der Waals surface area contributed by atoms with Crippen molar-refractivity contribution in [3.05, 3.63) is 144 Å². The minimum absolute atomic E-state index is 1.02. The molecular formula is C40H34N2. The number of aromatic amines is 1. The fraction of sp³-hybridized carbons (Fsp3) is 0.100. The van der Waals surface area contributed by atoms with Crippen LogP contribution in [0.15, 0.2) is 127 Å². The van der Waals surface area contributed by atoms with Crippen molar-refractivity contribution in [3.63, 3.8) is 0 Å². The number of H-pyrrole nitrogens is 1. The van der Waals surface area contributed by atoms with Gasteiger partial charge < -0.3 is 10.7 Å². The molecule has 2 heteroatoms. The maximum Gasteiger partial charge on any atom is 0.0460 e. The van der Waals surface area contributed by atoms with Gasteiger partial charge in [-0.1, -0.05) is 103 Å². The number of nitrogens with two attached hydrogens (primary N) is 1. The molecule has 3 N–H and O–H groups in total. The molecule has 0 bridgehead atoms. The van der Waals surface area contributed by atoms with E-state index in [1.165, 1.54) is 60.5 Å². The van der Waals surface area contributed by atoms with Crippen LogP contribution in [0.4, 0.5) is 0 Å². The highest BCUT2D eigenvalue weighted by atomic mass is 14.7. The quantitative estimate of drug-likeness (QED) is 0.209. The largest absolute Gasteiger partial charge is 0.404 e. The van der Waals surface area contributed by atoms with Gasteiger partial charge in [0.15, 0.2) is 0 Å². The minimum Gasteiger partial charge on any atom is -0.404 e. The van der Waals surface area contributed by atoms with Crippen molar-refractivity contribution in [2.75, 3.05) is 0 Å². The van der Waals surface area contributed by atoms with Crippen LogP contribution < -0.4 is 5.73 Å². The highest BCUT2D eigenvalue weighted by Crippen LogP contribution is 2.45. The van der Waals surface area contributed by atoms with Crippen LogP contribution in [0, 0.1) is 0 Å². The molecule has 0 spiro atoms. The summed E-state index contributed by atoms with van der Waals surface area (Å²) in [6, 6.07) is 35.6. The van der Waals surface area contributed by atoms with Gasteiger partial charge in [-0.05, 0) is 111 Å². The third-order valence-electron chi connectivity index (χ3n) is 8.35. The third-order valence-corrected chi connectivity index (χ3v) is 8.35. The first-order chi connectivity index (χ1) is 20.6. The lowest BCUT2D eigenvalue weighted by Gasteiger charge is -2.24. The standard InChI is InChI=1S/C40H34N2/c1-26(2)20-32(24-41)33-23-38(42-25-33)29-12-9-13-30(22-29)39-34-14-5-7-16-36(34)40(37-17-8-6-15-35(37)39)31-19-18-27-10-3-4-11-28(27)21-31/h3-5,7-14,16-25,42H,6,15,41H2,1-2H3/b32-24+. The molecule has 0 unspecified atom stereocenters. The van der Waals surface area contributed by atoms with Crippen molar-refractivity contribution < 1.29 is 0 Å². The number of rotatable bonds is 5. The lowest BCUT2D eigenvalue weighted by Crippen LogP contribution is -2.02. The minimum atomic E-state index is 1.02. The topological polar surface area (TPSA) is 41.8 Å². The molecule has 0 fully saturated rings. The summed E-state index contributed by atoms with van der Waals surface area (Å²) >= 11 is 0. The Morgan fingerprint density at radius 1 is 0.738 bits per heavy atom. The van der Waals surface area contributed by atoms with E-state index < -0.39 is 0 Å². The van der Waals surface area contributed by atoms with Crippen LogP contribution in [0.25, 0.3) is 66.7 Å². The second kappa shape index (κ2) is 10.7. The van der Waals surface area contributed by atoms with Gasteiger partial charge in [-0.15, -0.1) is 0 Å². The molecule has 1 aliphatic rings. The lowest BCUT2D eigenvalue weighted by atomic mass is 9.80. The van der Waals surface area contributed by atoms with Gasteiger partial charge in [-0.3, -0.25) is 0 Å². The normalized spacial score (nSPS) is 13.0. The maximum atomic E-state index is 5.97. The van der Waals surface area contributed by atoms with Gasteiger partial charge >= 0.3 is 0 Å². The smallest absolute Gasteiger partial charge is 0.0460 e. The zero-order chi connectivity index (χ0) is 28.6. The first-order valence-electron chi connectivity index (χ1n) is 14.7. The Morgan fingerprint density at radius 2 is 1.48 bits per heavy atom. The van der Waals surface area contributed by atoms with E-state index in [1.807, 2.05) is 6.20 Å². The fourth-order valence-electron chi connectivity index (χ4n) is 6.48. The summed E-state index contributed by atoms with van der Waals surface area (Å²) in [7, 11) is 0. The summed E-state index contributed by atoms with van der Waals surface area (Å²) in [5.41, 5.74) is 19.5. The van der Waals surface area contributed by atoms with Crippen molar-refractivity contribution in [1.82, 2.24) is 4.98 Å². The molecular weight excluding hydrogens is 508 g/mol. The van der Waals surface area contributed by atoms with Crippen LogP contribution in [0.2, 0.25) is 0 Å². The molecule has 0 atom stereocenters. The van der Waals surface area contributed by atoms with Crippen LogP contribution in [-0.4, -0.2) is 4.98 Å². The van der Waals surface area contributed by atoms with Gasteiger partial charge in [0.25, 0.3) is 0 Å². The Labute approximate surface area is 247 Å². The second-order valence-electron chi connectivity index (χ2n) is 11.4. The number of hydrogen-bond donors (Lipinski definition) is 2. The molecule has 1 aromatic heterocycles. The van der Waals surface area contributed by atoms with Crippen molar-refractivity contribution >= 4 is 33.2 Å². The first-order valence-corrected chi connectivity index (χ1v) is 14.7. The summed E-state index contributed by atoms with van der Waals surface area (Å²) in [5.74, 6) is 0. The van der Waals surface area contributed by atoms with Gasteiger partial charge in [0.2, 0.25) is 0 Å². The summed E-state index contributed by atoms with van der Waals surface area (Å²) in [6.07, 6.45) is 12.6. The number of fused-ring (bicyclic) bond motifs is 3. The van der Waals surface area contributed by atoms with E-state index in [-0.39, 0.29) is 0 Å². The van der Waals surface area contributed by atoms with E-state index in [4.69, 9.17) is 5.73 Å². The fourth-order valence-corrected chi connectivity index (χ4v) is 6.48. The highest BCUT2D eigenvalue weighted by Gasteiger charge is 2.22. The van der Waals surface area contributed by atoms with Crippen molar-refractivity contribution in [2.45, 2.75) is 26.7 Å². The van der Waals surface area contributed by atoms with Crippen LogP contribution in [0.1, 0.15) is 37.0 Å². The zero-order valence-corrected chi connectivity index (χ0v) is 24.1. The van der Waals surface area contributed by atoms with E-state index in [0.29, 0.717) is 0 Å². The number of allylic oxidation sites excluding steroid dienone is 4. The Morgan fingerprint density at radius 3 is 2.29 bits per heavy atom. The SMILES string of the molecule is CC(C)=C/C(=C\N)c1c[nH]c(-c2cccc(-c3c4c(c(-c5ccc6ccccc6c5)c5ccccc35)C=CCC4)c2)c1. The predicted octanol–water partition coefficient (Wildman–Crippen LogP) is 10.5. The van der Waals surface area contributed by atoms with Gasteiger partial charge in [-0.25, -0.2) is 0 Å². The van der Waals surface area contributed by atoms with E-state index >= 15 is 0 Å². The number of aromatic nitrogens is 1. The van der Waals surface area contributed by atoms with Crippen LogP contribution in [0.5, 0.6) is 0 Å². The van der Waals surface area contributed by atoms with E-state index in [9.17, 15) is 0 Å². The monoisotopic (exact) mass is 542 g/mol. The van der Waals surface area contributed by atoms with E-state index in [0.717, 1.165) is 35.2 Å². The van der Waals surface area contributed by atoms with Crippen LogP contribution in [-0.2, 0) is 6.42 Å². The van der Waals surface area contributed by atoms with Gasteiger partial charge in [-0.2, -0.15) is 0 Å². The molecule has 0 saturated carbocycles. The summed E-state index contributed by atoms with van der Waals surface area (Å²) in [4.78, 5) is 3.50. The van der Waals surface area contributed by atoms with Crippen LogP contribution in [0.3, 0.4) is 0 Å². The van der Waals surface area contributed by atoms with E-state index in [1.54, 1.807) is 6.20 Å². The Hall–Kier alpha value is -5.08. The van der Waals surface area contributed by atoms with Crippen LogP contribution >= 0.6 is 0 Å². The first kappa shape index (κ1) is 25.9. The lowest BCUT2D eigenvalue weighted by molar-refractivity contribution is 0.991. The Balaban J connectivity index is 1.42. The van der Waals surface area contributed by atoms with Gasteiger partial charge in [0.05, 0.1) is 0 Å². The van der Waals surface area contributed by atoms with Gasteiger partial charge in [0, 0.05) is 23.7 Å². The van der Waals surface area contributed by atoms with Crippen molar-refractivity contribution in [1.29, 1.82) is 0 Å². The van der Waals surface area contributed by atoms with Gasteiger partial charge in [0.1, 0.15) is 0 Å².